The maximum absolute atomic E-state index is 11.9. The van der Waals surface area contributed by atoms with Crippen LogP contribution in [0.4, 0.5) is 0 Å². The first-order chi connectivity index (χ1) is 7.36. The summed E-state index contributed by atoms with van der Waals surface area (Å²) in [6.07, 6.45) is 5.42. The number of hydrogen-bond donors (Lipinski definition) is 0. The highest BCUT2D eigenvalue weighted by atomic mass is 32.1. The van der Waals surface area contributed by atoms with Crippen LogP contribution in [0.25, 0.3) is 0 Å². The van der Waals surface area contributed by atoms with Crippen LogP contribution in [-0.2, 0) is 4.79 Å². The van der Waals surface area contributed by atoms with Gasteiger partial charge in [-0.05, 0) is 42.7 Å². The van der Waals surface area contributed by atoms with Gasteiger partial charge in [-0.15, -0.1) is 11.3 Å². The van der Waals surface area contributed by atoms with Crippen molar-refractivity contribution in [3.8, 4) is 0 Å². The zero-order valence-corrected chi connectivity index (χ0v) is 9.48. The van der Waals surface area contributed by atoms with Crippen LogP contribution in [0.15, 0.2) is 28.7 Å². The fraction of sp³-hybridized carbons (Fsp3) is 0.462. The first kappa shape index (κ1) is 9.34. The van der Waals surface area contributed by atoms with E-state index >= 15 is 0 Å². The van der Waals surface area contributed by atoms with Crippen molar-refractivity contribution in [2.75, 3.05) is 0 Å². The van der Waals surface area contributed by atoms with Crippen LogP contribution in [0, 0.1) is 0 Å². The number of Topliss-reactive ketones (excluding diaryl/α,β-unsaturated/α-hetero) is 1. The van der Waals surface area contributed by atoms with E-state index in [9.17, 15) is 4.79 Å². The molecule has 1 atom stereocenters. The van der Waals surface area contributed by atoms with Crippen LogP contribution in [0.5, 0.6) is 0 Å². The standard InChI is InChI=1S/C13H14OS/c14-12-8-11(13-6-3-7-15-13)9-4-1-2-5-10(9)12/h3,6-7,11H,1-2,4-5,8H2. The molecular weight excluding hydrogens is 204 g/mol. The topological polar surface area (TPSA) is 17.1 Å². The Balaban J connectivity index is 2.00. The van der Waals surface area contributed by atoms with Crippen molar-refractivity contribution in [2.24, 2.45) is 0 Å². The molecule has 1 unspecified atom stereocenters. The number of hydrogen-bond acceptors (Lipinski definition) is 2. The van der Waals surface area contributed by atoms with Crippen LogP contribution < -0.4 is 0 Å². The number of allylic oxidation sites excluding steroid dienone is 2. The van der Waals surface area contributed by atoms with Gasteiger partial charge >= 0.3 is 0 Å². The molecule has 0 aliphatic heterocycles. The minimum Gasteiger partial charge on any atom is -0.295 e. The van der Waals surface area contributed by atoms with E-state index in [1.807, 2.05) is 0 Å². The zero-order valence-electron chi connectivity index (χ0n) is 8.66. The van der Waals surface area contributed by atoms with Gasteiger partial charge in [0.15, 0.2) is 5.78 Å². The lowest BCUT2D eigenvalue weighted by atomic mass is 9.89. The van der Waals surface area contributed by atoms with Crippen molar-refractivity contribution in [3.05, 3.63) is 33.5 Å². The highest BCUT2D eigenvalue weighted by Crippen LogP contribution is 2.45. The average molecular weight is 218 g/mol. The van der Waals surface area contributed by atoms with Crippen molar-refractivity contribution in [3.63, 3.8) is 0 Å². The monoisotopic (exact) mass is 218 g/mol. The molecule has 2 heteroatoms. The molecule has 1 aromatic heterocycles. The highest BCUT2D eigenvalue weighted by molar-refractivity contribution is 7.10. The Bertz CT molecular complexity index is 414. The number of ketones is 1. The van der Waals surface area contributed by atoms with Gasteiger partial charge in [0.05, 0.1) is 0 Å². The molecule has 0 amide bonds. The molecule has 2 aliphatic carbocycles. The number of carbonyl (C=O) groups excluding carboxylic acids is 1. The molecule has 3 rings (SSSR count). The minimum atomic E-state index is 0.420. The summed E-state index contributed by atoms with van der Waals surface area (Å²) >= 11 is 1.79. The largest absolute Gasteiger partial charge is 0.295 e. The van der Waals surface area contributed by atoms with E-state index in [2.05, 4.69) is 17.5 Å². The molecule has 15 heavy (non-hydrogen) atoms. The number of thiophene rings is 1. The fourth-order valence-electron chi connectivity index (χ4n) is 2.83. The molecule has 2 aliphatic rings. The van der Waals surface area contributed by atoms with E-state index < -0.39 is 0 Å². The second kappa shape index (κ2) is 3.60. The second-order valence-electron chi connectivity index (χ2n) is 4.41. The van der Waals surface area contributed by atoms with Gasteiger partial charge in [0.2, 0.25) is 0 Å². The summed E-state index contributed by atoms with van der Waals surface area (Å²) in [4.78, 5) is 13.2. The van der Waals surface area contributed by atoms with Crippen molar-refractivity contribution < 1.29 is 4.79 Å². The molecule has 0 fully saturated rings. The zero-order chi connectivity index (χ0) is 10.3. The summed E-state index contributed by atoms with van der Waals surface area (Å²) in [5, 5.41) is 2.11. The molecule has 1 heterocycles. The van der Waals surface area contributed by atoms with E-state index in [-0.39, 0.29) is 0 Å². The van der Waals surface area contributed by atoms with Crippen LogP contribution >= 0.6 is 11.3 Å². The Morgan fingerprint density at radius 2 is 2.13 bits per heavy atom. The van der Waals surface area contributed by atoms with E-state index in [0.717, 1.165) is 19.3 Å². The van der Waals surface area contributed by atoms with Gasteiger partial charge in [0.1, 0.15) is 0 Å². The lowest BCUT2D eigenvalue weighted by Gasteiger charge is -2.17. The van der Waals surface area contributed by atoms with Gasteiger partial charge in [-0.2, -0.15) is 0 Å². The van der Waals surface area contributed by atoms with E-state index in [1.165, 1.54) is 28.9 Å². The Labute approximate surface area is 93.8 Å². The Hall–Kier alpha value is -0.890. The van der Waals surface area contributed by atoms with Crippen molar-refractivity contribution >= 4 is 17.1 Å². The molecule has 1 aromatic rings. The quantitative estimate of drug-likeness (QED) is 0.702. The maximum atomic E-state index is 11.9. The van der Waals surface area contributed by atoms with E-state index in [4.69, 9.17) is 0 Å². The highest BCUT2D eigenvalue weighted by Gasteiger charge is 2.34. The summed E-state index contributed by atoms with van der Waals surface area (Å²) in [7, 11) is 0. The van der Waals surface area contributed by atoms with Gasteiger partial charge in [-0.3, -0.25) is 4.79 Å². The lowest BCUT2D eigenvalue weighted by molar-refractivity contribution is -0.115. The van der Waals surface area contributed by atoms with Gasteiger partial charge in [-0.1, -0.05) is 11.6 Å². The van der Waals surface area contributed by atoms with Crippen molar-refractivity contribution in [1.82, 2.24) is 0 Å². The van der Waals surface area contributed by atoms with Crippen LogP contribution in [0.3, 0.4) is 0 Å². The number of rotatable bonds is 1. The van der Waals surface area contributed by atoms with Crippen LogP contribution in [0.2, 0.25) is 0 Å². The van der Waals surface area contributed by atoms with Crippen LogP contribution in [-0.4, -0.2) is 5.78 Å². The molecule has 0 aromatic carbocycles. The fourth-order valence-corrected chi connectivity index (χ4v) is 3.69. The first-order valence-electron chi connectivity index (χ1n) is 5.65. The molecule has 0 saturated heterocycles. The first-order valence-corrected chi connectivity index (χ1v) is 6.53. The lowest BCUT2D eigenvalue weighted by Crippen LogP contribution is -2.01. The summed E-state index contributed by atoms with van der Waals surface area (Å²) < 4.78 is 0. The molecule has 78 valence electrons. The van der Waals surface area contributed by atoms with Gasteiger partial charge in [-0.25, -0.2) is 0 Å². The molecular formula is C13H14OS. The van der Waals surface area contributed by atoms with Crippen molar-refractivity contribution in [1.29, 1.82) is 0 Å². The summed E-state index contributed by atoms with van der Waals surface area (Å²) in [5.74, 6) is 0.857. The van der Waals surface area contributed by atoms with Crippen LogP contribution in [0.1, 0.15) is 42.9 Å². The molecule has 0 saturated carbocycles. The third-order valence-electron chi connectivity index (χ3n) is 3.54. The predicted octanol–water partition coefficient (Wildman–Crippen LogP) is 3.68. The normalized spacial score (nSPS) is 25.9. The average Bonchev–Trinajstić information content (AvgIpc) is 2.87. The van der Waals surface area contributed by atoms with Gasteiger partial charge in [0.25, 0.3) is 0 Å². The summed E-state index contributed by atoms with van der Waals surface area (Å²) in [5.41, 5.74) is 2.65. The van der Waals surface area contributed by atoms with Gasteiger partial charge in [0, 0.05) is 17.2 Å². The van der Waals surface area contributed by atoms with Crippen molar-refractivity contribution in [2.45, 2.75) is 38.0 Å². The minimum absolute atomic E-state index is 0.420. The summed E-state index contributed by atoms with van der Waals surface area (Å²) in [6, 6.07) is 4.26. The number of carbonyl (C=O) groups is 1. The SMILES string of the molecule is O=C1CC(c2cccs2)C2=C1CCCC2. The molecule has 0 bridgehead atoms. The predicted molar refractivity (Wildman–Crippen MR) is 62.2 cm³/mol. The third-order valence-corrected chi connectivity index (χ3v) is 4.53. The second-order valence-corrected chi connectivity index (χ2v) is 5.39. The Morgan fingerprint density at radius 1 is 1.27 bits per heavy atom. The molecule has 1 nitrogen and oxygen atoms in total. The van der Waals surface area contributed by atoms with E-state index in [1.54, 1.807) is 11.3 Å². The van der Waals surface area contributed by atoms with Gasteiger partial charge < -0.3 is 0 Å². The Kier molecular flexibility index (Phi) is 2.24. The van der Waals surface area contributed by atoms with E-state index in [0.29, 0.717) is 11.7 Å². The maximum Gasteiger partial charge on any atom is 0.159 e. The Morgan fingerprint density at radius 3 is 2.93 bits per heavy atom. The summed E-state index contributed by atoms with van der Waals surface area (Å²) in [6.45, 7) is 0. The molecule has 0 N–H and O–H groups in total. The molecule has 0 spiro atoms. The molecule has 0 radical (unpaired) electrons. The third kappa shape index (κ3) is 1.48. The smallest absolute Gasteiger partial charge is 0.159 e.